The van der Waals surface area contributed by atoms with Crippen molar-refractivity contribution in [3.05, 3.63) is 101 Å². The number of imide groups is 2. The topological polar surface area (TPSA) is 75.7 Å². The molecule has 0 saturated carbocycles. The second-order valence-electron chi connectivity index (χ2n) is 7.36. The Hall–Kier alpha value is -4.26. The summed E-state index contributed by atoms with van der Waals surface area (Å²) in [4.78, 5) is 38.7. The Morgan fingerprint density at radius 2 is 1.67 bits per heavy atom. The first-order chi connectivity index (χ1) is 16.0. The first kappa shape index (κ1) is 22.0. The number of barbiturate groups is 1. The average molecular weight is 444 g/mol. The molecule has 0 bridgehead atoms. The van der Waals surface area contributed by atoms with Gasteiger partial charge in [0.2, 0.25) is 0 Å². The lowest BCUT2D eigenvalue weighted by atomic mass is 10.00. The minimum Gasteiger partial charge on any atom is -0.494 e. The van der Waals surface area contributed by atoms with Gasteiger partial charge in [-0.2, -0.15) is 0 Å². The molecule has 0 atom stereocenters. The number of benzene rings is 3. The average Bonchev–Trinajstić information content (AvgIpc) is 2.80. The number of amides is 4. The van der Waals surface area contributed by atoms with Gasteiger partial charge in [-0.15, -0.1) is 0 Å². The summed E-state index contributed by atoms with van der Waals surface area (Å²) in [6.45, 7) is 2.22. The molecule has 4 amide bonds. The third-order valence-corrected chi connectivity index (χ3v) is 5.16. The highest BCUT2D eigenvalue weighted by Gasteiger charge is 2.36. The number of rotatable bonds is 6. The summed E-state index contributed by atoms with van der Waals surface area (Å²) in [6, 6.07) is 19.3. The van der Waals surface area contributed by atoms with Crippen LogP contribution in [0.1, 0.15) is 23.6 Å². The largest absolute Gasteiger partial charge is 0.494 e. The van der Waals surface area contributed by atoms with E-state index in [-0.39, 0.29) is 11.4 Å². The Morgan fingerprint density at radius 3 is 2.39 bits per heavy atom. The normalized spacial score (nSPS) is 15.0. The molecule has 7 heteroatoms. The molecule has 1 heterocycles. The molecule has 3 aromatic rings. The van der Waals surface area contributed by atoms with Crippen LogP contribution >= 0.6 is 0 Å². The molecule has 4 rings (SSSR count). The van der Waals surface area contributed by atoms with E-state index in [1.165, 1.54) is 12.1 Å². The van der Waals surface area contributed by atoms with Crippen molar-refractivity contribution >= 4 is 29.6 Å². The molecule has 1 aliphatic rings. The van der Waals surface area contributed by atoms with Crippen molar-refractivity contribution in [1.29, 1.82) is 0 Å². The Labute approximate surface area is 190 Å². The fourth-order valence-electron chi connectivity index (χ4n) is 3.58. The number of carbonyl (C=O) groups is 3. The first-order valence-corrected chi connectivity index (χ1v) is 10.4. The predicted molar refractivity (Wildman–Crippen MR) is 122 cm³/mol. The van der Waals surface area contributed by atoms with E-state index in [0.717, 1.165) is 10.5 Å². The van der Waals surface area contributed by atoms with E-state index in [9.17, 15) is 18.8 Å². The zero-order chi connectivity index (χ0) is 23.4. The highest BCUT2D eigenvalue weighted by Crippen LogP contribution is 2.27. The van der Waals surface area contributed by atoms with Crippen molar-refractivity contribution in [2.75, 3.05) is 11.5 Å². The molecular weight excluding hydrogens is 423 g/mol. The van der Waals surface area contributed by atoms with Crippen LogP contribution in [-0.4, -0.2) is 24.5 Å². The third-order valence-electron chi connectivity index (χ3n) is 5.16. The van der Waals surface area contributed by atoms with Crippen molar-refractivity contribution in [3.63, 3.8) is 0 Å². The number of urea groups is 1. The Bertz CT molecular complexity index is 1250. The molecule has 1 aliphatic heterocycles. The number of hydrogen-bond donors (Lipinski definition) is 1. The molecule has 6 nitrogen and oxygen atoms in total. The lowest BCUT2D eigenvalue weighted by molar-refractivity contribution is -0.122. The van der Waals surface area contributed by atoms with Crippen LogP contribution in [0.3, 0.4) is 0 Å². The molecule has 0 radical (unpaired) electrons. The quantitative estimate of drug-likeness (QED) is 0.449. The van der Waals surface area contributed by atoms with Crippen molar-refractivity contribution in [3.8, 4) is 5.75 Å². The summed E-state index contributed by atoms with van der Waals surface area (Å²) < 4.78 is 19.8. The number of nitrogens with one attached hydrogen (secondary N) is 1. The SMILES string of the molecule is CCOc1cc(/C=C2\C(=O)NC(=O)N(c3ccccc3)C2=O)ccc1Cc1ccccc1F. The molecule has 33 heavy (non-hydrogen) atoms. The Balaban J connectivity index is 1.68. The van der Waals surface area contributed by atoms with Gasteiger partial charge in [-0.1, -0.05) is 48.5 Å². The number of nitrogens with zero attached hydrogens (tertiary/aromatic N) is 1. The van der Waals surface area contributed by atoms with Crippen molar-refractivity contribution < 1.29 is 23.5 Å². The highest BCUT2D eigenvalue weighted by atomic mass is 19.1. The van der Waals surface area contributed by atoms with Crippen molar-refractivity contribution in [2.24, 2.45) is 0 Å². The van der Waals surface area contributed by atoms with E-state index in [1.807, 2.05) is 6.92 Å². The zero-order valence-electron chi connectivity index (χ0n) is 17.9. The van der Waals surface area contributed by atoms with Gasteiger partial charge in [-0.25, -0.2) is 14.1 Å². The van der Waals surface area contributed by atoms with Gasteiger partial charge in [0, 0.05) is 6.42 Å². The van der Waals surface area contributed by atoms with E-state index in [2.05, 4.69) is 5.32 Å². The van der Waals surface area contributed by atoms with E-state index < -0.39 is 17.8 Å². The second kappa shape index (κ2) is 9.48. The maximum absolute atomic E-state index is 14.1. The van der Waals surface area contributed by atoms with Gasteiger partial charge in [0.25, 0.3) is 11.8 Å². The molecule has 3 aromatic carbocycles. The summed E-state index contributed by atoms with van der Waals surface area (Å²) in [5.41, 5.74) is 2.01. The Kier molecular flexibility index (Phi) is 6.31. The monoisotopic (exact) mass is 444 g/mol. The molecule has 0 unspecified atom stereocenters. The zero-order valence-corrected chi connectivity index (χ0v) is 17.9. The van der Waals surface area contributed by atoms with Crippen molar-refractivity contribution in [1.82, 2.24) is 5.32 Å². The Morgan fingerprint density at radius 1 is 0.939 bits per heavy atom. The van der Waals surface area contributed by atoms with Crippen LogP contribution in [0.5, 0.6) is 5.75 Å². The van der Waals surface area contributed by atoms with E-state index in [1.54, 1.807) is 66.7 Å². The molecule has 1 N–H and O–H groups in total. The molecule has 1 fully saturated rings. The van der Waals surface area contributed by atoms with Gasteiger partial charge >= 0.3 is 6.03 Å². The third kappa shape index (κ3) is 4.67. The number of carbonyl (C=O) groups excluding carboxylic acids is 3. The number of ether oxygens (including phenoxy) is 1. The summed E-state index contributed by atoms with van der Waals surface area (Å²) in [6.07, 6.45) is 1.74. The summed E-state index contributed by atoms with van der Waals surface area (Å²) in [5.74, 6) is -1.27. The van der Waals surface area contributed by atoms with Gasteiger partial charge < -0.3 is 4.74 Å². The number of anilines is 1. The van der Waals surface area contributed by atoms with Crippen LogP contribution < -0.4 is 15.0 Å². The highest BCUT2D eigenvalue weighted by molar-refractivity contribution is 6.39. The van der Waals surface area contributed by atoms with Gasteiger partial charge in [0.1, 0.15) is 17.1 Å². The fraction of sp³-hybridized carbons (Fsp3) is 0.115. The molecule has 1 saturated heterocycles. The summed E-state index contributed by atoms with van der Waals surface area (Å²) >= 11 is 0. The van der Waals surface area contributed by atoms with E-state index in [4.69, 9.17) is 4.74 Å². The molecule has 0 aromatic heterocycles. The van der Waals surface area contributed by atoms with E-state index in [0.29, 0.717) is 35.6 Å². The lowest BCUT2D eigenvalue weighted by Crippen LogP contribution is -2.54. The maximum Gasteiger partial charge on any atom is 0.335 e. The van der Waals surface area contributed by atoms with Crippen molar-refractivity contribution in [2.45, 2.75) is 13.3 Å². The van der Waals surface area contributed by atoms with Gasteiger partial charge in [0.05, 0.1) is 12.3 Å². The minimum atomic E-state index is -0.802. The smallest absolute Gasteiger partial charge is 0.335 e. The first-order valence-electron chi connectivity index (χ1n) is 10.4. The summed E-state index contributed by atoms with van der Waals surface area (Å²) in [5, 5.41) is 2.20. The van der Waals surface area contributed by atoms with Gasteiger partial charge in [-0.3, -0.25) is 14.9 Å². The second-order valence-corrected chi connectivity index (χ2v) is 7.36. The van der Waals surface area contributed by atoms with E-state index >= 15 is 0 Å². The van der Waals surface area contributed by atoms with Crippen LogP contribution in [0.15, 0.2) is 78.4 Å². The minimum absolute atomic E-state index is 0.178. The van der Waals surface area contributed by atoms with Crippen LogP contribution in [0.2, 0.25) is 0 Å². The predicted octanol–water partition coefficient (Wildman–Crippen LogP) is 4.48. The number of para-hydroxylation sites is 1. The standard InChI is InChI=1S/C26H21FN2O4/c1-2-33-23-15-17(12-13-19(23)16-18-8-6-7-11-22(18)27)14-21-24(30)28-26(32)29(25(21)31)20-9-4-3-5-10-20/h3-15H,2,16H2,1H3,(H,28,30,32)/b21-14+. The van der Waals surface area contributed by atoms with Gasteiger partial charge in [0.15, 0.2) is 0 Å². The lowest BCUT2D eigenvalue weighted by Gasteiger charge is -2.26. The van der Waals surface area contributed by atoms with Crippen LogP contribution in [0.4, 0.5) is 14.9 Å². The van der Waals surface area contributed by atoms with Crippen LogP contribution in [0.25, 0.3) is 6.08 Å². The molecule has 166 valence electrons. The number of hydrogen-bond acceptors (Lipinski definition) is 4. The molecular formula is C26H21FN2O4. The van der Waals surface area contributed by atoms with Crippen LogP contribution in [-0.2, 0) is 16.0 Å². The van der Waals surface area contributed by atoms with Gasteiger partial charge in [-0.05, 0) is 54.0 Å². The maximum atomic E-state index is 14.1. The number of halogens is 1. The molecule has 0 spiro atoms. The fourth-order valence-corrected chi connectivity index (χ4v) is 3.58. The summed E-state index contributed by atoms with van der Waals surface area (Å²) in [7, 11) is 0. The van der Waals surface area contributed by atoms with Crippen LogP contribution in [0, 0.1) is 5.82 Å². The molecule has 0 aliphatic carbocycles.